The molecular weight excluding hydrogens is 368 g/mol. The molecule has 0 aromatic carbocycles. The number of carbonyl (C=O) groups is 1. The van der Waals surface area contributed by atoms with E-state index >= 15 is 0 Å². The summed E-state index contributed by atoms with van der Waals surface area (Å²) in [7, 11) is -3.73. The lowest BCUT2D eigenvalue weighted by Gasteiger charge is -2.45. The van der Waals surface area contributed by atoms with Crippen molar-refractivity contribution >= 4 is 23.1 Å². The van der Waals surface area contributed by atoms with Crippen molar-refractivity contribution in [2.45, 2.75) is 95.9 Å². The van der Waals surface area contributed by atoms with Gasteiger partial charge in [0.25, 0.3) is 0 Å². The second kappa shape index (κ2) is 8.01. The van der Waals surface area contributed by atoms with Gasteiger partial charge in [0.2, 0.25) is 0 Å². The summed E-state index contributed by atoms with van der Waals surface area (Å²) >= 11 is 0. The third-order valence-electron chi connectivity index (χ3n) is 5.67. The molecule has 0 spiro atoms. The highest BCUT2D eigenvalue weighted by Crippen LogP contribution is 2.47. The quantitative estimate of drug-likeness (QED) is 0.380. The summed E-state index contributed by atoms with van der Waals surface area (Å²) in [4.78, 5) is 11.8. The lowest BCUT2D eigenvalue weighted by atomic mass is 10.2. The first-order chi connectivity index (χ1) is 12.0. The van der Waals surface area contributed by atoms with E-state index < -0.39 is 23.2 Å². The summed E-state index contributed by atoms with van der Waals surface area (Å²) in [6.07, 6.45) is -1.14. The second-order valence-electron chi connectivity index (χ2n) is 8.68. The van der Waals surface area contributed by atoms with Crippen LogP contribution in [0.4, 0.5) is 0 Å². The zero-order valence-corrected chi connectivity index (χ0v) is 19.7. The van der Waals surface area contributed by atoms with Gasteiger partial charge in [-0.3, -0.25) is 0 Å². The molecule has 2 aliphatic rings. The summed E-state index contributed by atoms with van der Waals surface area (Å²) < 4.78 is 30.7. The Hall–Kier alpha value is -0.256. The molecule has 2 saturated heterocycles. The van der Waals surface area contributed by atoms with Gasteiger partial charge in [-0.15, -0.1) is 0 Å². The minimum atomic E-state index is -2.60. The molecule has 0 N–H and O–H groups in total. The van der Waals surface area contributed by atoms with Crippen molar-refractivity contribution in [2.24, 2.45) is 0 Å². The van der Waals surface area contributed by atoms with Crippen LogP contribution in [-0.4, -0.2) is 55.1 Å². The van der Waals surface area contributed by atoms with Crippen molar-refractivity contribution < 1.29 is 27.2 Å². The molecule has 26 heavy (non-hydrogen) atoms. The molecule has 0 amide bonds. The van der Waals surface area contributed by atoms with Gasteiger partial charge in [-0.05, 0) is 22.2 Å². The van der Waals surface area contributed by atoms with E-state index in [0.717, 1.165) is 0 Å². The van der Waals surface area contributed by atoms with Crippen molar-refractivity contribution in [1.29, 1.82) is 0 Å². The van der Waals surface area contributed by atoms with Gasteiger partial charge in [0, 0.05) is 0 Å². The molecule has 2 rings (SSSR count). The Morgan fingerprint density at radius 3 is 1.85 bits per heavy atom. The molecule has 0 unspecified atom stereocenters. The van der Waals surface area contributed by atoms with Gasteiger partial charge in [-0.2, -0.15) is 0 Å². The van der Waals surface area contributed by atoms with Gasteiger partial charge in [0.05, 0.1) is 19.8 Å². The third-order valence-corrected chi connectivity index (χ3v) is 16.0. The van der Waals surface area contributed by atoms with Crippen LogP contribution in [0.1, 0.15) is 55.4 Å². The molecular formula is C18H36O6Si2. The lowest BCUT2D eigenvalue weighted by molar-refractivity contribution is -0.142. The molecule has 0 aliphatic carbocycles. The Labute approximate surface area is 160 Å². The van der Waals surface area contributed by atoms with Crippen molar-refractivity contribution in [1.82, 2.24) is 0 Å². The standard InChI is InChI=1S/C18H36O6Si2/c1-11(2)25(12(3)4)21-10-15(16-17(22-16)18(19)20-9)23-26(24-25,13(5)6)14(7)8/h11-17H,10H2,1-9H3/t15-,16+,17-/m1/s1. The number of ether oxygens (including phenoxy) is 2. The normalized spacial score (nSPS) is 30.7. The second-order valence-corrected chi connectivity index (χ2v) is 17.5. The molecule has 6 nitrogen and oxygen atoms in total. The van der Waals surface area contributed by atoms with Gasteiger partial charge in [0.15, 0.2) is 6.10 Å². The van der Waals surface area contributed by atoms with E-state index in [2.05, 4.69) is 55.4 Å². The van der Waals surface area contributed by atoms with Gasteiger partial charge < -0.3 is 22.4 Å². The number of esters is 1. The summed E-state index contributed by atoms with van der Waals surface area (Å²) in [5.74, 6) is -0.346. The van der Waals surface area contributed by atoms with Crippen LogP contribution < -0.4 is 0 Å². The smallest absolute Gasteiger partial charge is 0.337 e. The minimum absolute atomic E-state index is 0.270. The molecule has 2 heterocycles. The number of carbonyl (C=O) groups excluding carboxylic acids is 1. The Bertz CT molecular complexity index is 492. The maximum absolute atomic E-state index is 11.8. The minimum Gasteiger partial charge on any atom is -0.467 e. The van der Waals surface area contributed by atoms with Crippen LogP contribution in [0.25, 0.3) is 0 Å². The van der Waals surface area contributed by atoms with Crippen LogP contribution in [0.3, 0.4) is 0 Å². The largest absolute Gasteiger partial charge is 0.467 e. The fraction of sp³-hybridized carbons (Fsp3) is 0.944. The highest BCUT2D eigenvalue weighted by atomic mass is 28.5. The summed E-state index contributed by atoms with van der Waals surface area (Å²) in [5.41, 5.74) is 1.16. The van der Waals surface area contributed by atoms with E-state index in [1.165, 1.54) is 7.11 Å². The maximum atomic E-state index is 11.8. The van der Waals surface area contributed by atoms with Gasteiger partial charge in [0.1, 0.15) is 6.10 Å². The Kier molecular flexibility index (Phi) is 6.79. The predicted octanol–water partition coefficient (Wildman–Crippen LogP) is 3.88. The predicted molar refractivity (Wildman–Crippen MR) is 104 cm³/mol. The number of methoxy groups -OCH3 is 1. The SMILES string of the molecule is COC(=O)[C@@H]1O[C@H]1[C@H]1CO[Si](C(C)C)(C(C)C)O[Si](C(C)C)(C(C)C)O1. The van der Waals surface area contributed by atoms with Crippen LogP contribution >= 0.6 is 0 Å². The van der Waals surface area contributed by atoms with Crippen LogP contribution in [0.5, 0.6) is 0 Å². The fourth-order valence-corrected chi connectivity index (χ4v) is 15.2. The number of rotatable bonds is 6. The van der Waals surface area contributed by atoms with Crippen LogP contribution in [-0.2, 0) is 27.2 Å². The Morgan fingerprint density at radius 1 is 0.923 bits per heavy atom. The number of hydrogen-bond acceptors (Lipinski definition) is 6. The summed E-state index contributed by atoms with van der Waals surface area (Å²) in [6.45, 7) is 17.9. The average molecular weight is 405 g/mol. The molecule has 2 fully saturated rings. The highest BCUT2D eigenvalue weighted by molar-refractivity contribution is 6.84. The monoisotopic (exact) mass is 404 g/mol. The Balaban J connectivity index is 2.39. The highest BCUT2D eigenvalue weighted by Gasteiger charge is 2.62. The van der Waals surface area contributed by atoms with Crippen LogP contribution in [0.15, 0.2) is 0 Å². The molecule has 3 atom stereocenters. The van der Waals surface area contributed by atoms with Crippen molar-refractivity contribution in [3.05, 3.63) is 0 Å². The molecule has 0 aromatic heterocycles. The summed E-state index contributed by atoms with van der Waals surface area (Å²) in [6, 6.07) is 0. The lowest BCUT2D eigenvalue weighted by Crippen LogP contribution is -2.59. The fourth-order valence-electron chi connectivity index (χ4n) is 4.07. The van der Waals surface area contributed by atoms with Gasteiger partial charge in [-0.25, -0.2) is 4.79 Å². The zero-order chi connectivity index (χ0) is 19.9. The van der Waals surface area contributed by atoms with Gasteiger partial charge >= 0.3 is 23.1 Å². The first-order valence-corrected chi connectivity index (χ1v) is 13.7. The maximum Gasteiger partial charge on any atom is 0.337 e. The van der Waals surface area contributed by atoms with E-state index in [0.29, 0.717) is 17.7 Å². The molecule has 8 heteroatoms. The average Bonchev–Trinajstić information content (AvgIpc) is 3.35. The van der Waals surface area contributed by atoms with E-state index in [1.54, 1.807) is 0 Å². The summed E-state index contributed by atoms with van der Waals surface area (Å²) in [5, 5.41) is 0. The van der Waals surface area contributed by atoms with Crippen molar-refractivity contribution in [2.75, 3.05) is 13.7 Å². The molecule has 0 saturated carbocycles. The van der Waals surface area contributed by atoms with E-state index in [4.69, 9.17) is 22.4 Å². The van der Waals surface area contributed by atoms with Crippen molar-refractivity contribution in [3.8, 4) is 0 Å². The van der Waals surface area contributed by atoms with Crippen molar-refractivity contribution in [3.63, 3.8) is 0 Å². The first kappa shape index (κ1) is 22.0. The molecule has 2 aliphatic heterocycles. The van der Waals surface area contributed by atoms with E-state index in [1.807, 2.05) is 0 Å². The van der Waals surface area contributed by atoms with E-state index in [-0.39, 0.29) is 29.3 Å². The topological polar surface area (TPSA) is 66.5 Å². The number of epoxide rings is 1. The van der Waals surface area contributed by atoms with Crippen LogP contribution in [0, 0.1) is 0 Å². The first-order valence-electron chi connectivity index (χ1n) is 9.77. The third kappa shape index (κ3) is 3.81. The van der Waals surface area contributed by atoms with E-state index in [9.17, 15) is 4.79 Å². The van der Waals surface area contributed by atoms with Gasteiger partial charge in [-0.1, -0.05) is 55.4 Å². The van der Waals surface area contributed by atoms with Crippen LogP contribution in [0.2, 0.25) is 22.2 Å². The molecule has 152 valence electrons. The Morgan fingerprint density at radius 2 is 1.42 bits per heavy atom. The zero-order valence-electron chi connectivity index (χ0n) is 17.7. The molecule has 0 aromatic rings. The molecule has 0 bridgehead atoms. The molecule has 0 radical (unpaired) electrons. The number of hydrogen-bond donors (Lipinski definition) is 0.